The summed E-state index contributed by atoms with van der Waals surface area (Å²) in [6.45, 7) is 2.10. The predicted octanol–water partition coefficient (Wildman–Crippen LogP) is 1.59. The molecule has 0 amide bonds. The van der Waals surface area contributed by atoms with Crippen molar-refractivity contribution in [2.75, 3.05) is 7.11 Å². The molecule has 9 heavy (non-hydrogen) atoms. The highest BCUT2D eigenvalue weighted by Gasteiger charge is 1.93. The van der Waals surface area contributed by atoms with Crippen LogP contribution < -0.4 is 4.74 Å². The van der Waals surface area contributed by atoms with Crippen molar-refractivity contribution in [3.8, 4) is 5.75 Å². The summed E-state index contributed by atoms with van der Waals surface area (Å²) in [5, 5.41) is 0. The van der Waals surface area contributed by atoms with Crippen LogP contribution in [0.15, 0.2) is 12.3 Å². The first-order valence-corrected chi connectivity index (χ1v) is 3.08. The Balaban J connectivity index is 2.74. The highest BCUT2D eigenvalue weighted by Crippen LogP contribution is 2.10. The molecule has 2 heteroatoms. The molecule has 0 unspecified atom stereocenters. The first-order valence-electron chi connectivity index (χ1n) is 3.08. The molecule has 1 N–H and O–H groups in total. The number of hydrogen-bond donors (Lipinski definition) is 1. The van der Waals surface area contributed by atoms with E-state index in [1.54, 1.807) is 7.11 Å². The molecule has 1 rings (SSSR count). The molecular formula is C7H11NO. The second kappa shape index (κ2) is 2.58. The van der Waals surface area contributed by atoms with Crippen molar-refractivity contribution in [1.29, 1.82) is 0 Å². The van der Waals surface area contributed by atoms with Gasteiger partial charge in [-0.1, -0.05) is 6.92 Å². The van der Waals surface area contributed by atoms with Crippen molar-refractivity contribution in [1.82, 2.24) is 4.98 Å². The Morgan fingerprint density at radius 1 is 1.67 bits per heavy atom. The van der Waals surface area contributed by atoms with E-state index in [9.17, 15) is 0 Å². The molecule has 0 saturated carbocycles. The van der Waals surface area contributed by atoms with Gasteiger partial charge in [0.25, 0.3) is 0 Å². The number of methoxy groups -OCH3 is 1. The van der Waals surface area contributed by atoms with Gasteiger partial charge in [-0.15, -0.1) is 0 Å². The molecule has 0 aliphatic rings. The van der Waals surface area contributed by atoms with Gasteiger partial charge in [0.1, 0.15) is 5.75 Å². The second-order valence-corrected chi connectivity index (χ2v) is 1.92. The van der Waals surface area contributed by atoms with E-state index < -0.39 is 0 Å². The molecule has 1 aromatic heterocycles. The highest BCUT2D eigenvalue weighted by molar-refractivity contribution is 5.22. The summed E-state index contributed by atoms with van der Waals surface area (Å²) >= 11 is 0. The molecule has 0 radical (unpaired) electrons. The Bertz CT molecular complexity index is 162. The molecule has 0 saturated heterocycles. The van der Waals surface area contributed by atoms with Crippen LogP contribution in [-0.2, 0) is 6.42 Å². The largest absolute Gasteiger partial charge is 0.495 e. The van der Waals surface area contributed by atoms with Crippen LogP contribution in [0.1, 0.15) is 12.6 Å². The fraction of sp³-hybridized carbons (Fsp3) is 0.429. The Hall–Kier alpha value is -0.920. The third-order valence-electron chi connectivity index (χ3n) is 1.33. The van der Waals surface area contributed by atoms with E-state index >= 15 is 0 Å². The fourth-order valence-corrected chi connectivity index (χ4v) is 0.741. The van der Waals surface area contributed by atoms with Crippen molar-refractivity contribution in [3.63, 3.8) is 0 Å². The number of aryl methyl sites for hydroxylation is 1. The van der Waals surface area contributed by atoms with E-state index in [-0.39, 0.29) is 0 Å². The summed E-state index contributed by atoms with van der Waals surface area (Å²) in [7, 11) is 1.67. The maximum absolute atomic E-state index is 4.97. The summed E-state index contributed by atoms with van der Waals surface area (Å²) in [6, 6.07) is 2.00. The minimum absolute atomic E-state index is 0.909. The van der Waals surface area contributed by atoms with E-state index in [0.29, 0.717) is 0 Å². The van der Waals surface area contributed by atoms with E-state index in [1.165, 1.54) is 5.69 Å². The SMILES string of the molecule is CCc1cc(OC)c[nH]1. The maximum Gasteiger partial charge on any atom is 0.136 e. The van der Waals surface area contributed by atoms with E-state index in [4.69, 9.17) is 4.74 Å². The molecule has 50 valence electrons. The van der Waals surface area contributed by atoms with Gasteiger partial charge in [0.15, 0.2) is 0 Å². The van der Waals surface area contributed by atoms with Gasteiger partial charge in [-0.05, 0) is 6.42 Å². The van der Waals surface area contributed by atoms with E-state index in [2.05, 4.69) is 11.9 Å². The maximum atomic E-state index is 4.97. The highest BCUT2D eigenvalue weighted by atomic mass is 16.5. The zero-order valence-electron chi connectivity index (χ0n) is 5.77. The quantitative estimate of drug-likeness (QED) is 0.637. The molecule has 0 aliphatic heterocycles. The van der Waals surface area contributed by atoms with Crippen LogP contribution in [0.4, 0.5) is 0 Å². The minimum Gasteiger partial charge on any atom is -0.495 e. The van der Waals surface area contributed by atoms with Gasteiger partial charge in [-0.25, -0.2) is 0 Å². The zero-order valence-corrected chi connectivity index (χ0v) is 5.77. The first-order chi connectivity index (χ1) is 4.36. The Kier molecular flexibility index (Phi) is 1.78. The van der Waals surface area contributed by atoms with Crippen LogP contribution in [0.25, 0.3) is 0 Å². The molecule has 0 atom stereocenters. The number of rotatable bonds is 2. The van der Waals surface area contributed by atoms with Gasteiger partial charge in [0.05, 0.1) is 7.11 Å². The van der Waals surface area contributed by atoms with Crippen LogP contribution in [-0.4, -0.2) is 12.1 Å². The molecule has 2 nitrogen and oxygen atoms in total. The zero-order chi connectivity index (χ0) is 6.69. The monoisotopic (exact) mass is 125 g/mol. The van der Waals surface area contributed by atoms with Crippen molar-refractivity contribution < 1.29 is 4.74 Å². The molecule has 1 aromatic rings. The van der Waals surface area contributed by atoms with Crippen LogP contribution in [0.5, 0.6) is 5.75 Å². The lowest BCUT2D eigenvalue weighted by Gasteiger charge is -1.88. The number of H-pyrrole nitrogens is 1. The lowest BCUT2D eigenvalue weighted by atomic mass is 10.3. The summed E-state index contributed by atoms with van der Waals surface area (Å²) in [5.74, 6) is 0.909. The average molecular weight is 125 g/mol. The minimum atomic E-state index is 0.909. The van der Waals surface area contributed by atoms with Crippen LogP contribution in [0, 0.1) is 0 Å². The van der Waals surface area contributed by atoms with Crippen molar-refractivity contribution in [3.05, 3.63) is 18.0 Å². The molecule has 0 bridgehead atoms. The topological polar surface area (TPSA) is 25.0 Å². The Labute approximate surface area is 54.8 Å². The lowest BCUT2D eigenvalue weighted by molar-refractivity contribution is 0.415. The Morgan fingerprint density at radius 3 is 2.78 bits per heavy atom. The predicted molar refractivity (Wildman–Crippen MR) is 36.7 cm³/mol. The fourth-order valence-electron chi connectivity index (χ4n) is 0.741. The van der Waals surface area contributed by atoms with Gasteiger partial charge < -0.3 is 9.72 Å². The van der Waals surface area contributed by atoms with E-state index in [1.807, 2.05) is 12.3 Å². The molecule has 0 spiro atoms. The van der Waals surface area contributed by atoms with Gasteiger partial charge in [0, 0.05) is 18.0 Å². The normalized spacial score (nSPS) is 9.56. The van der Waals surface area contributed by atoms with Crippen molar-refractivity contribution in [2.45, 2.75) is 13.3 Å². The van der Waals surface area contributed by atoms with Gasteiger partial charge >= 0.3 is 0 Å². The second-order valence-electron chi connectivity index (χ2n) is 1.92. The summed E-state index contributed by atoms with van der Waals surface area (Å²) < 4.78 is 4.97. The lowest BCUT2D eigenvalue weighted by Crippen LogP contribution is -1.76. The smallest absolute Gasteiger partial charge is 0.136 e. The molecule has 0 fully saturated rings. The van der Waals surface area contributed by atoms with Crippen LogP contribution in [0.3, 0.4) is 0 Å². The van der Waals surface area contributed by atoms with E-state index in [0.717, 1.165) is 12.2 Å². The number of aromatic nitrogens is 1. The van der Waals surface area contributed by atoms with Gasteiger partial charge in [0.2, 0.25) is 0 Å². The van der Waals surface area contributed by atoms with Crippen molar-refractivity contribution in [2.24, 2.45) is 0 Å². The van der Waals surface area contributed by atoms with Crippen LogP contribution in [0.2, 0.25) is 0 Å². The third kappa shape index (κ3) is 1.25. The standard InChI is InChI=1S/C7H11NO/c1-3-6-4-7(9-2)5-8-6/h4-5,8H,3H2,1-2H3. The molecule has 1 heterocycles. The van der Waals surface area contributed by atoms with Gasteiger partial charge in [-0.2, -0.15) is 0 Å². The van der Waals surface area contributed by atoms with Crippen LogP contribution >= 0.6 is 0 Å². The summed E-state index contributed by atoms with van der Waals surface area (Å²) in [6.07, 6.45) is 2.89. The molecule has 0 aliphatic carbocycles. The molecular weight excluding hydrogens is 114 g/mol. The first kappa shape index (κ1) is 6.20. The number of nitrogens with one attached hydrogen (secondary N) is 1. The Morgan fingerprint density at radius 2 is 2.44 bits per heavy atom. The number of ether oxygens (including phenoxy) is 1. The van der Waals surface area contributed by atoms with Gasteiger partial charge in [-0.3, -0.25) is 0 Å². The summed E-state index contributed by atoms with van der Waals surface area (Å²) in [5.41, 5.74) is 1.21. The number of hydrogen-bond acceptors (Lipinski definition) is 1. The number of aromatic amines is 1. The molecule has 0 aromatic carbocycles. The average Bonchev–Trinajstić information content (AvgIpc) is 2.34. The summed E-state index contributed by atoms with van der Waals surface area (Å²) in [4.78, 5) is 3.08. The van der Waals surface area contributed by atoms with Crippen molar-refractivity contribution >= 4 is 0 Å². The third-order valence-corrected chi connectivity index (χ3v) is 1.33.